The predicted molar refractivity (Wildman–Crippen MR) is 101 cm³/mol. The van der Waals surface area contributed by atoms with Crippen LogP contribution >= 0.6 is 19.2 Å². The summed E-state index contributed by atoms with van der Waals surface area (Å²) in [6, 6.07) is 10.8. The second-order valence-electron chi connectivity index (χ2n) is 5.80. The largest absolute Gasteiger partial charge is 0.586 e. The first-order chi connectivity index (χ1) is 13.3. The van der Waals surface area contributed by atoms with Gasteiger partial charge in [0.2, 0.25) is 0 Å². The number of ether oxygens (including phenoxy) is 2. The van der Waals surface area contributed by atoms with Gasteiger partial charge in [-0.05, 0) is 43.7 Å². The second-order valence-corrected chi connectivity index (χ2v) is 8.35. The van der Waals surface area contributed by atoms with Crippen LogP contribution in [-0.4, -0.2) is 19.5 Å². The fourth-order valence-electron chi connectivity index (χ4n) is 2.73. The number of hydrogen-bond acceptors (Lipinski definition) is 6. The van der Waals surface area contributed by atoms with Crippen LogP contribution in [0.25, 0.3) is 0 Å². The van der Waals surface area contributed by atoms with Gasteiger partial charge in [-0.3, -0.25) is 4.57 Å². The molecule has 1 N–H and O–H groups in total. The summed E-state index contributed by atoms with van der Waals surface area (Å²) in [5.41, 5.74) is 0.970. The normalized spacial score (nSPS) is 16.0. The maximum Gasteiger partial charge on any atom is 0.586 e. The maximum atomic E-state index is 13.4. The number of anilines is 1. The lowest BCUT2D eigenvalue weighted by Gasteiger charge is -2.28. The number of hydrogen-bond donors (Lipinski definition) is 1. The molecule has 0 saturated heterocycles. The molecule has 0 aliphatic carbocycles. The average molecular weight is 434 g/mol. The van der Waals surface area contributed by atoms with Crippen molar-refractivity contribution >= 4 is 24.9 Å². The summed E-state index contributed by atoms with van der Waals surface area (Å²) in [6.07, 6.45) is -3.72. The van der Waals surface area contributed by atoms with Gasteiger partial charge < -0.3 is 23.8 Å². The van der Waals surface area contributed by atoms with Gasteiger partial charge in [0.05, 0.1) is 13.2 Å². The predicted octanol–water partition coefficient (Wildman–Crippen LogP) is 6.04. The van der Waals surface area contributed by atoms with Crippen molar-refractivity contribution in [3.63, 3.8) is 0 Å². The molecule has 1 unspecified atom stereocenters. The minimum absolute atomic E-state index is 0.0867. The minimum Gasteiger partial charge on any atom is -0.395 e. The van der Waals surface area contributed by atoms with E-state index >= 15 is 0 Å². The molecule has 0 saturated carbocycles. The van der Waals surface area contributed by atoms with E-state index in [1.54, 1.807) is 38.1 Å². The van der Waals surface area contributed by atoms with Crippen molar-refractivity contribution < 1.29 is 31.9 Å². The van der Waals surface area contributed by atoms with Gasteiger partial charge >= 0.3 is 13.9 Å². The number of fused-ring (bicyclic) bond motifs is 1. The highest BCUT2D eigenvalue weighted by atomic mass is 35.5. The Balaban J connectivity index is 1.96. The molecule has 152 valence electrons. The molecule has 0 spiro atoms. The third-order valence-corrected chi connectivity index (χ3v) is 6.37. The van der Waals surface area contributed by atoms with E-state index in [4.69, 9.17) is 20.6 Å². The first-order valence-corrected chi connectivity index (χ1v) is 10.6. The molecule has 2 aromatic rings. The molecule has 1 aliphatic heterocycles. The number of alkyl halides is 2. The molecular formula is C18H19ClF2NO5P. The summed E-state index contributed by atoms with van der Waals surface area (Å²) in [7, 11) is -3.65. The molecular weight excluding hydrogens is 415 g/mol. The number of halogens is 3. The Morgan fingerprint density at radius 1 is 1.07 bits per heavy atom. The number of nitrogens with one attached hydrogen (secondary N) is 1. The fourth-order valence-corrected chi connectivity index (χ4v) is 4.80. The van der Waals surface area contributed by atoms with E-state index in [1.165, 1.54) is 18.2 Å². The first kappa shape index (κ1) is 20.9. The van der Waals surface area contributed by atoms with Crippen LogP contribution in [0, 0.1) is 0 Å². The fraction of sp³-hybridized carbons (Fsp3) is 0.333. The van der Waals surface area contributed by atoms with Crippen LogP contribution in [0.2, 0.25) is 5.02 Å². The molecule has 1 atom stereocenters. The molecule has 0 radical (unpaired) electrons. The Kier molecular flexibility index (Phi) is 6.15. The van der Waals surface area contributed by atoms with E-state index in [2.05, 4.69) is 14.8 Å². The molecule has 1 heterocycles. The summed E-state index contributed by atoms with van der Waals surface area (Å²) in [5.74, 6) is -1.12. The Labute approximate surface area is 166 Å². The van der Waals surface area contributed by atoms with Gasteiger partial charge in [-0.25, -0.2) is 0 Å². The quantitative estimate of drug-likeness (QED) is 0.512. The first-order valence-electron chi connectivity index (χ1n) is 8.57. The molecule has 0 aromatic heterocycles. The Hall–Kier alpha value is -1.86. The van der Waals surface area contributed by atoms with Gasteiger partial charge in [-0.1, -0.05) is 23.7 Å². The van der Waals surface area contributed by atoms with Gasteiger partial charge in [0.1, 0.15) is 0 Å². The van der Waals surface area contributed by atoms with Crippen molar-refractivity contribution in [2.75, 3.05) is 18.5 Å². The summed E-state index contributed by atoms with van der Waals surface area (Å²) in [6.45, 7) is 3.73. The maximum absolute atomic E-state index is 13.4. The van der Waals surface area contributed by atoms with Crippen molar-refractivity contribution in [3.8, 4) is 11.5 Å². The van der Waals surface area contributed by atoms with Crippen molar-refractivity contribution in [2.24, 2.45) is 0 Å². The average Bonchev–Trinajstić information content (AvgIpc) is 2.94. The number of rotatable bonds is 8. The minimum atomic E-state index is -3.72. The molecule has 6 nitrogen and oxygen atoms in total. The molecule has 1 aliphatic rings. The summed E-state index contributed by atoms with van der Waals surface area (Å²) >= 11 is 5.95. The van der Waals surface area contributed by atoms with E-state index in [0.29, 0.717) is 16.3 Å². The highest BCUT2D eigenvalue weighted by Crippen LogP contribution is 2.61. The highest BCUT2D eigenvalue weighted by molar-refractivity contribution is 7.54. The van der Waals surface area contributed by atoms with Crippen LogP contribution in [0.3, 0.4) is 0 Å². The van der Waals surface area contributed by atoms with E-state index in [9.17, 15) is 13.3 Å². The standard InChI is InChI=1S/C18H19ClF2NO5P/c1-3-24-28(23,25-4-2)17(12-5-7-13(19)8-6-12)22-14-9-10-15-16(11-14)27-18(20,21)26-15/h5-11,17,22H,3-4H2,1-2H3. The zero-order valence-corrected chi connectivity index (χ0v) is 16.8. The molecule has 3 rings (SSSR count). The smallest absolute Gasteiger partial charge is 0.395 e. The third kappa shape index (κ3) is 4.58. The van der Waals surface area contributed by atoms with Crippen molar-refractivity contribution in [1.29, 1.82) is 0 Å². The van der Waals surface area contributed by atoms with E-state index in [-0.39, 0.29) is 24.7 Å². The lowest BCUT2D eigenvalue weighted by Crippen LogP contribution is -2.25. The van der Waals surface area contributed by atoms with Gasteiger partial charge in [0.15, 0.2) is 17.3 Å². The van der Waals surface area contributed by atoms with E-state index < -0.39 is 19.7 Å². The number of benzene rings is 2. The monoisotopic (exact) mass is 433 g/mol. The van der Waals surface area contributed by atoms with Gasteiger partial charge in [-0.2, -0.15) is 0 Å². The summed E-state index contributed by atoms with van der Waals surface area (Å²) < 4.78 is 59.8. The van der Waals surface area contributed by atoms with E-state index in [1.807, 2.05) is 0 Å². The Morgan fingerprint density at radius 3 is 2.29 bits per heavy atom. The van der Waals surface area contributed by atoms with Gasteiger partial charge in [0, 0.05) is 16.8 Å². The second kappa shape index (κ2) is 8.25. The van der Waals surface area contributed by atoms with Crippen molar-refractivity contribution in [1.82, 2.24) is 0 Å². The SMILES string of the molecule is CCOP(=O)(OCC)C(Nc1ccc2c(c1)OC(F)(F)O2)c1ccc(Cl)cc1. The van der Waals surface area contributed by atoms with Crippen molar-refractivity contribution in [3.05, 3.63) is 53.1 Å². The molecule has 2 aromatic carbocycles. The van der Waals surface area contributed by atoms with Crippen LogP contribution in [0.15, 0.2) is 42.5 Å². The zero-order valence-electron chi connectivity index (χ0n) is 15.2. The van der Waals surface area contributed by atoms with Gasteiger partial charge in [0.25, 0.3) is 0 Å². The zero-order chi connectivity index (χ0) is 20.4. The summed E-state index contributed by atoms with van der Waals surface area (Å²) in [5, 5.41) is 3.56. The molecule has 0 bridgehead atoms. The Bertz CT molecular complexity index is 871. The molecule has 0 fully saturated rings. The highest BCUT2D eigenvalue weighted by Gasteiger charge is 2.44. The Morgan fingerprint density at radius 2 is 1.68 bits per heavy atom. The molecule has 28 heavy (non-hydrogen) atoms. The van der Waals surface area contributed by atoms with Crippen LogP contribution < -0.4 is 14.8 Å². The lowest BCUT2D eigenvalue weighted by atomic mass is 10.2. The van der Waals surface area contributed by atoms with Crippen LogP contribution in [0.4, 0.5) is 14.5 Å². The van der Waals surface area contributed by atoms with Crippen LogP contribution in [0.1, 0.15) is 25.2 Å². The molecule has 10 heteroatoms. The lowest BCUT2D eigenvalue weighted by molar-refractivity contribution is -0.286. The summed E-state index contributed by atoms with van der Waals surface area (Å²) in [4.78, 5) is 0. The third-order valence-electron chi connectivity index (χ3n) is 3.82. The van der Waals surface area contributed by atoms with Crippen LogP contribution in [-0.2, 0) is 13.6 Å². The molecule has 0 amide bonds. The topological polar surface area (TPSA) is 66.0 Å². The van der Waals surface area contributed by atoms with Crippen molar-refractivity contribution in [2.45, 2.75) is 25.9 Å². The van der Waals surface area contributed by atoms with E-state index in [0.717, 1.165) is 0 Å². The van der Waals surface area contributed by atoms with Gasteiger partial charge in [-0.15, -0.1) is 8.78 Å². The van der Waals surface area contributed by atoms with Crippen LogP contribution in [0.5, 0.6) is 11.5 Å².